The largest absolute Gasteiger partial charge is 0.420 e. The summed E-state index contributed by atoms with van der Waals surface area (Å²) in [6.07, 6.45) is 2.37. The number of imidazole rings is 1. The van der Waals surface area contributed by atoms with Crippen molar-refractivity contribution >= 4 is 34.8 Å². The molecule has 0 aromatic carbocycles. The van der Waals surface area contributed by atoms with Gasteiger partial charge in [0.2, 0.25) is 0 Å². The molecule has 2 aromatic rings. The lowest BCUT2D eigenvalue weighted by Gasteiger charge is -2.43. The molecule has 1 fully saturated rings. The molecule has 4 N–H and O–H groups in total. The Morgan fingerprint density at radius 2 is 2.24 bits per heavy atom. The number of thiocarbonyl (C=S) groups is 1. The second-order valence-corrected chi connectivity index (χ2v) is 5.21. The van der Waals surface area contributed by atoms with Gasteiger partial charge in [-0.05, 0) is 24.6 Å². The number of aliphatic hydroxyl groups excluding tert-OH is 2. The maximum absolute atomic E-state index is 9.48. The molecule has 0 spiro atoms. The first-order valence-electron chi connectivity index (χ1n) is 6.51. The molecule has 21 heavy (non-hydrogen) atoms. The highest BCUT2D eigenvalue weighted by atomic mass is 32.1. The summed E-state index contributed by atoms with van der Waals surface area (Å²) in [6, 6.07) is 0.0853. The van der Waals surface area contributed by atoms with Gasteiger partial charge in [-0.2, -0.15) is 9.97 Å². The molecule has 3 atom stereocenters. The minimum Gasteiger partial charge on any atom is -0.420 e. The molecule has 0 amide bonds. The van der Waals surface area contributed by atoms with Crippen molar-refractivity contribution in [3.05, 3.63) is 6.33 Å². The molecule has 1 aliphatic rings. The predicted molar refractivity (Wildman–Crippen MR) is 78.8 cm³/mol. The molecule has 1 unspecified atom stereocenters. The Bertz CT molecular complexity index is 676. The van der Waals surface area contributed by atoms with Crippen molar-refractivity contribution in [2.75, 3.05) is 18.9 Å². The van der Waals surface area contributed by atoms with Crippen molar-refractivity contribution in [3.63, 3.8) is 0 Å². The first kappa shape index (κ1) is 14.1. The third-order valence-corrected chi connectivity index (χ3v) is 4.12. The van der Waals surface area contributed by atoms with E-state index in [4.69, 9.17) is 10.5 Å². The van der Waals surface area contributed by atoms with Crippen LogP contribution in [0.2, 0.25) is 0 Å². The minimum absolute atomic E-state index is 0.000568. The topological polar surface area (TPSA) is 119 Å². The molecular weight excluding hydrogens is 294 g/mol. The summed E-state index contributed by atoms with van der Waals surface area (Å²) in [5, 5.41) is 18.7. The van der Waals surface area contributed by atoms with Crippen LogP contribution in [0.4, 0.5) is 5.82 Å². The van der Waals surface area contributed by atoms with Gasteiger partial charge >= 0.3 is 6.01 Å². The Balaban J connectivity index is 2.01. The fourth-order valence-electron chi connectivity index (χ4n) is 2.83. The average molecular weight is 309 g/mol. The van der Waals surface area contributed by atoms with Gasteiger partial charge in [-0.25, -0.2) is 4.98 Å². The number of nitrogen functional groups attached to an aromatic ring is 1. The van der Waals surface area contributed by atoms with Gasteiger partial charge < -0.3 is 25.3 Å². The maximum Gasteiger partial charge on any atom is 0.326 e. The second-order valence-electron chi connectivity index (χ2n) is 5.02. The quantitative estimate of drug-likeness (QED) is 0.655. The van der Waals surface area contributed by atoms with E-state index >= 15 is 0 Å². The number of nitrogens with zero attached hydrogens (tertiary/aromatic N) is 4. The van der Waals surface area contributed by atoms with Gasteiger partial charge in [-0.3, -0.25) is 0 Å². The van der Waals surface area contributed by atoms with Crippen LogP contribution in [0.15, 0.2) is 6.33 Å². The number of aromatic nitrogens is 4. The molecule has 2 heterocycles. The van der Waals surface area contributed by atoms with E-state index in [9.17, 15) is 10.2 Å². The lowest BCUT2D eigenvalue weighted by Crippen LogP contribution is -2.42. The van der Waals surface area contributed by atoms with Crippen LogP contribution in [0.5, 0.6) is 6.01 Å². The summed E-state index contributed by atoms with van der Waals surface area (Å²) in [6.45, 7) is 0.0597. The van der Waals surface area contributed by atoms with Crippen molar-refractivity contribution in [3.8, 4) is 6.01 Å². The highest BCUT2D eigenvalue weighted by Gasteiger charge is 2.42. The van der Waals surface area contributed by atoms with Gasteiger partial charge in [0.05, 0.1) is 6.33 Å². The lowest BCUT2D eigenvalue weighted by molar-refractivity contribution is -0.00530. The van der Waals surface area contributed by atoms with E-state index in [0.29, 0.717) is 11.2 Å². The fourth-order valence-corrected chi connectivity index (χ4v) is 2.92. The van der Waals surface area contributed by atoms with Crippen LogP contribution in [0.1, 0.15) is 12.5 Å². The number of anilines is 1. The first-order valence-corrected chi connectivity index (χ1v) is 6.98. The van der Waals surface area contributed by atoms with Crippen LogP contribution in [0, 0.1) is 11.8 Å². The summed E-state index contributed by atoms with van der Waals surface area (Å²) >= 11 is 4.62. The van der Waals surface area contributed by atoms with E-state index < -0.39 is 0 Å². The maximum atomic E-state index is 9.48. The molecule has 0 aliphatic heterocycles. The third kappa shape index (κ3) is 2.23. The number of nitrogens with two attached hydrogens (primary N) is 1. The minimum atomic E-state index is -0.0292. The Kier molecular flexibility index (Phi) is 3.70. The lowest BCUT2D eigenvalue weighted by atomic mass is 9.70. The summed E-state index contributed by atoms with van der Waals surface area (Å²) in [4.78, 5) is 12.4. The molecule has 1 saturated carbocycles. The number of hydrogen-bond acceptors (Lipinski definition) is 8. The van der Waals surface area contributed by atoms with E-state index in [1.807, 2.05) is 4.57 Å². The summed E-state index contributed by atoms with van der Waals surface area (Å²) in [5.41, 5.74) is 7.91. The van der Waals surface area contributed by atoms with Crippen LogP contribution >= 0.6 is 12.2 Å². The Hall–Kier alpha value is -1.84. The SMILES string of the molecule is Nc1nc(OC=S)nc2c1ncn2C1C[C@H](CO)[C@H]1CO. The molecule has 112 valence electrons. The van der Waals surface area contributed by atoms with E-state index in [0.717, 1.165) is 12.0 Å². The predicted octanol–water partition coefficient (Wildman–Crippen LogP) is -0.0937. The average Bonchev–Trinajstić information content (AvgIpc) is 2.83. The Morgan fingerprint density at radius 1 is 1.43 bits per heavy atom. The number of rotatable bonds is 5. The van der Waals surface area contributed by atoms with Crippen molar-refractivity contribution in [2.24, 2.45) is 11.8 Å². The molecule has 1 aliphatic carbocycles. The van der Waals surface area contributed by atoms with Crippen LogP contribution in [-0.4, -0.2) is 48.5 Å². The molecular formula is C12H15N5O3S. The van der Waals surface area contributed by atoms with E-state index in [-0.39, 0.29) is 42.9 Å². The zero-order chi connectivity index (χ0) is 15.0. The van der Waals surface area contributed by atoms with E-state index in [2.05, 4.69) is 27.2 Å². The molecule has 2 aromatic heterocycles. The standard InChI is InChI=1S/C12H15N5O3S/c13-10-9-11(16-12(15-10)20-5-21)17(4-14-9)8-1-6(2-18)7(8)3-19/h4-8,18-19H,1-3H2,(H2,13,15,16)/t6-,7-,8?/m1/s1. The van der Waals surface area contributed by atoms with Crippen LogP contribution in [0.25, 0.3) is 11.2 Å². The molecule has 9 heteroatoms. The van der Waals surface area contributed by atoms with Gasteiger partial charge in [-0.1, -0.05) is 0 Å². The Morgan fingerprint density at radius 3 is 2.90 bits per heavy atom. The van der Waals surface area contributed by atoms with E-state index in [1.54, 1.807) is 6.33 Å². The van der Waals surface area contributed by atoms with Gasteiger partial charge in [-0.15, -0.1) is 0 Å². The molecule has 0 bridgehead atoms. The smallest absolute Gasteiger partial charge is 0.326 e. The molecule has 3 rings (SSSR count). The van der Waals surface area contributed by atoms with Crippen LogP contribution in [-0.2, 0) is 0 Å². The third-order valence-electron chi connectivity index (χ3n) is 4.03. The monoisotopic (exact) mass is 309 g/mol. The van der Waals surface area contributed by atoms with Gasteiger partial charge in [0.1, 0.15) is 0 Å². The zero-order valence-electron chi connectivity index (χ0n) is 11.1. The highest BCUT2D eigenvalue weighted by Crippen LogP contribution is 2.44. The molecule has 8 nitrogen and oxygen atoms in total. The normalized spacial score (nSPS) is 24.8. The number of aliphatic hydroxyl groups is 2. The Labute approximate surface area is 125 Å². The van der Waals surface area contributed by atoms with Crippen molar-refractivity contribution < 1.29 is 14.9 Å². The van der Waals surface area contributed by atoms with Gasteiger partial charge in [0.25, 0.3) is 0 Å². The van der Waals surface area contributed by atoms with E-state index in [1.165, 1.54) is 0 Å². The van der Waals surface area contributed by atoms with Crippen LogP contribution < -0.4 is 10.5 Å². The number of ether oxygens (including phenoxy) is 1. The number of hydrogen-bond donors (Lipinski definition) is 3. The van der Waals surface area contributed by atoms with Crippen molar-refractivity contribution in [1.29, 1.82) is 0 Å². The van der Waals surface area contributed by atoms with Crippen LogP contribution in [0.3, 0.4) is 0 Å². The first-order chi connectivity index (χ1) is 10.2. The highest BCUT2D eigenvalue weighted by molar-refractivity contribution is 7.78. The van der Waals surface area contributed by atoms with Crippen molar-refractivity contribution in [2.45, 2.75) is 12.5 Å². The summed E-state index contributed by atoms with van der Waals surface area (Å²) in [7, 11) is 0. The van der Waals surface area contributed by atoms with Gasteiger partial charge in [0.15, 0.2) is 22.5 Å². The fraction of sp³-hybridized carbons (Fsp3) is 0.500. The van der Waals surface area contributed by atoms with Crippen molar-refractivity contribution in [1.82, 2.24) is 19.5 Å². The summed E-state index contributed by atoms with van der Waals surface area (Å²) in [5.74, 6) is 0.274. The zero-order valence-corrected chi connectivity index (χ0v) is 11.9. The second kappa shape index (κ2) is 5.51. The number of fused-ring (bicyclic) bond motifs is 1. The summed E-state index contributed by atoms with van der Waals surface area (Å²) < 4.78 is 6.85. The van der Waals surface area contributed by atoms with Gasteiger partial charge in [0, 0.05) is 25.2 Å². The molecule has 0 radical (unpaired) electrons. The molecule has 0 saturated heterocycles.